The lowest BCUT2D eigenvalue weighted by molar-refractivity contribution is -0.128. The number of carbonyl (C=O) groups excluding carboxylic acids is 2. The standard InChI is InChI=1S/C27H38FN5O4/c1-27(2,3)37-26(36)33-22-7-5-19(15-22)24(33)25(35)30-20(17-29)14-18-4-6-21(16-23(18)28)32-10-8-31(9-11-32)12-13-34/h4,6,16,19-20,22,24,34H,5,7-15H2,1-3H3,(H,30,35). The first-order valence-corrected chi connectivity index (χ1v) is 13.2. The Kier molecular flexibility index (Phi) is 8.24. The molecule has 4 atom stereocenters. The average molecular weight is 516 g/mol. The number of aliphatic hydroxyl groups excluding tert-OH is 1. The average Bonchev–Trinajstić information content (AvgIpc) is 3.46. The molecule has 1 aliphatic carbocycles. The minimum atomic E-state index is -0.922. The molecule has 1 aromatic rings. The van der Waals surface area contributed by atoms with Crippen LogP contribution in [-0.4, -0.2) is 90.0 Å². The first-order chi connectivity index (χ1) is 17.6. The zero-order valence-electron chi connectivity index (χ0n) is 22.0. The minimum Gasteiger partial charge on any atom is -0.444 e. The number of hydrogen-bond acceptors (Lipinski definition) is 7. The van der Waals surface area contributed by atoms with Gasteiger partial charge in [0.15, 0.2) is 0 Å². The topological polar surface area (TPSA) is 109 Å². The second-order valence-electron chi connectivity index (χ2n) is 11.3. The summed E-state index contributed by atoms with van der Waals surface area (Å²) >= 11 is 0. The number of anilines is 1. The number of nitriles is 1. The molecule has 4 rings (SSSR count). The molecule has 37 heavy (non-hydrogen) atoms. The summed E-state index contributed by atoms with van der Waals surface area (Å²) < 4.78 is 20.6. The van der Waals surface area contributed by atoms with E-state index in [4.69, 9.17) is 9.84 Å². The van der Waals surface area contributed by atoms with Gasteiger partial charge in [-0.3, -0.25) is 14.6 Å². The maximum absolute atomic E-state index is 15.0. The van der Waals surface area contributed by atoms with Crippen LogP contribution in [0.5, 0.6) is 0 Å². The Labute approximate surface area is 218 Å². The molecule has 0 spiro atoms. The van der Waals surface area contributed by atoms with Crippen LogP contribution < -0.4 is 10.2 Å². The number of aliphatic hydroxyl groups is 1. The quantitative estimate of drug-likeness (QED) is 0.573. The third-order valence-electron chi connectivity index (χ3n) is 7.54. The van der Waals surface area contributed by atoms with Crippen molar-refractivity contribution in [3.05, 3.63) is 29.6 Å². The van der Waals surface area contributed by atoms with Crippen molar-refractivity contribution >= 4 is 17.7 Å². The van der Waals surface area contributed by atoms with Gasteiger partial charge in [-0.2, -0.15) is 5.26 Å². The molecule has 2 heterocycles. The molecule has 0 radical (unpaired) electrons. The van der Waals surface area contributed by atoms with E-state index in [9.17, 15) is 14.9 Å². The summed E-state index contributed by atoms with van der Waals surface area (Å²) in [5, 5.41) is 21.6. The fourth-order valence-corrected chi connectivity index (χ4v) is 5.78. The largest absolute Gasteiger partial charge is 0.444 e. The summed E-state index contributed by atoms with van der Waals surface area (Å²) in [7, 11) is 0. The Morgan fingerprint density at radius 3 is 2.59 bits per heavy atom. The van der Waals surface area contributed by atoms with E-state index in [1.165, 1.54) is 6.07 Å². The van der Waals surface area contributed by atoms with E-state index in [0.717, 1.165) is 51.1 Å². The van der Waals surface area contributed by atoms with Gasteiger partial charge in [-0.15, -0.1) is 0 Å². The van der Waals surface area contributed by atoms with Crippen LogP contribution in [0.3, 0.4) is 0 Å². The van der Waals surface area contributed by atoms with Crippen molar-refractivity contribution in [3.8, 4) is 6.07 Å². The molecular formula is C27H38FN5O4. The molecule has 2 bridgehead atoms. The van der Waals surface area contributed by atoms with Crippen molar-refractivity contribution < 1.29 is 23.8 Å². The molecule has 3 aliphatic rings. The molecule has 202 valence electrons. The van der Waals surface area contributed by atoms with Gasteiger partial charge in [0.05, 0.1) is 12.7 Å². The van der Waals surface area contributed by atoms with Crippen molar-refractivity contribution in [3.63, 3.8) is 0 Å². The number of piperidine rings is 1. The molecule has 10 heteroatoms. The summed E-state index contributed by atoms with van der Waals surface area (Å²) in [5.41, 5.74) is 0.454. The maximum atomic E-state index is 15.0. The lowest BCUT2D eigenvalue weighted by Gasteiger charge is -2.36. The number of ether oxygens (including phenoxy) is 1. The van der Waals surface area contributed by atoms with Crippen LogP contribution in [0.4, 0.5) is 14.9 Å². The monoisotopic (exact) mass is 515 g/mol. The van der Waals surface area contributed by atoms with E-state index in [1.807, 2.05) is 6.07 Å². The predicted molar refractivity (Wildman–Crippen MR) is 136 cm³/mol. The zero-order chi connectivity index (χ0) is 26.7. The number of benzene rings is 1. The second-order valence-corrected chi connectivity index (χ2v) is 11.3. The number of β-amino-alcohol motifs (C(OH)–C–C–N with tert-alkyl or cyclic N) is 1. The normalized spacial score (nSPS) is 24.6. The van der Waals surface area contributed by atoms with Gasteiger partial charge in [-0.1, -0.05) is 6.07 Å². The van der Waals surface area contributed by atoms with E-state index < -0.39 is 29.6 Å². The second kappa shape index (κ2) is 11.2. The Bertz CT molecular complexity index is 1030. The molecule has 2 amide bonds. The highest BCUT2D eigenvalue weighted by Crippen LogP contribution is 2.43. The van der Waals surface area contributed by atoms with Crippen molar-refractivity contribution in [1.82, 2.24) is 15.1 Å². The van der Waals surface area contributed by atoms with E-state index in [2.05, 4.69) is 21.2 Å². The molecule has 1 saturated carbocycles. The number of amides is 2. The number of nitrogens with zero attached hydrogens (tertiary/aromatic N) is 4. The van der Waals surface area contributed by atoms with Crippen molar-refractivity contribution in [1.29, 1.82) is 5.26 Å². The Morgan fingerprint density at radius 2 is 1.97 bits per heavy atom. The number of nitrogens with one attached hydrogen (secondary N) is 1. The molecule has 2 N–H and O–H groups in total. The summed E-state index contributed by atoms with van der Waals surface area (Å²) in [6.45, 7) is 9.22. The summed E-state index contributed by atoms with van der Waals surface area (Å²) in [5.74, 6) is -0.770. The summed E-state index contributed by atoms with van der Waals surface area (Å²) in [6.07, 6.45) is 1.96. The summed E-state index contributed by atoms with van der Waals surface area (Å²) in [4.78, 5) is 31.9. The molecule has 0 aromatic heterocycles. The summed E-state index contributed by atoms with van der Waals surface area (Å²) in [6, 6.07) is 5.44. The van der Waals surface area contributed by atoms with Gasteiger partial charge in [-0.25, -0.2) is 9.18 Å². The van der Waals surface area contributed by atoms with Crippen LogP contribution in [0, 0.1) is 23.1 Å². The number of rotatable bonds is 7. The van der Waals surface area contributed by atoms with Gasteiger partial charge in [-0.05, 0) is 63.6 Å². The predicted octanol–water partition coefficient (Wildman–Crippen LogP) is 2.28. The van der Waals surface area contributed by atoms with Gasteiger partial charge >= 0.3 is 6.09 Å². The van der Waals surface area contributed by atoms with Crippen molar-refractivity contribution in [2.24, 2.45) is 5.92 Å². The van der Waals surface area contributed by atoms with Gasteiger partial charge in [0, 0.05) is 50.9 Å². The highest BCUT2D eigenvalue weighted by molar-refractivity contribution is 5.87. The Balaban J connectivity index is 1.38. The molecule has 2 aliphatic heterocycles. The lowest BCUT2D eigenvalue weighted by Crippen LogP contribution is -2.55. The van der Waals surface area contributed by atoms with Gasteiger partial charge < -0.3 is 20.1 Å². The number of hydrogen-bond donors (Lipinski definition) is 2. The van der Waals surface area contributed by atoms with Crippen molar-refractivity contribution in [2.75, 3.05) is 44.2 Å². The van der Waals surface area contributed by atoms with E-state index in [1.54, 1.807) is 31.7 Å². The molecule has 4 unspecified atom stereocenters. The van der Waals surface area contributed by atoms with Crippen LogP contribution in [0.15, 0.2) is 18.2 Å². The third kappa shape index (κ3) is 6.33. The molecule has 2 saturated heterocycles. The van der Waals surface area contributed by atoms with E-state index in [0.29, 0.717) is 12.1 Å². The van der Waals surface area contributed by atoms with Crippen LogP contribution in [-0.2, 0) is 16.0 Å². The first-order valence-electron chi connectivity index (χ1n) is 13.2. The van der Waals surface area contributed by atoms with Crippen LogP contribution in [0.1, 0.15) is 45.6 Å². The van der Waals surface area contributed by atoms with E-state index >= 15 is 4.39 Å². The fourth-order valence-electron chi connectivity index (χ4n) is 5.78. The number of likely N-dealkylation sites (tertiary alicyclic amines) is 1. The number of piperazine rings is 1. The third-order valence-corrected chi connectivity index (χ3v) is 7.54. The van der Waals surface area contributed by atoms with Crippen molar-refractivity contribution in [2.45, 2.75) is 70.2 Å². The van der Waals surface area contributed by atoms with Crippen LogP contribution >= 0.6 is 0 Å². The smallest absolute Gasteiger partial charge is 0.411 e. The fraction of sp³-hybridized carbons (Fsp3) is 0.667. The minimum absolute atomic E-state index is 0.0331. The number of halogens is 1. The van der Waals surface area contributed by atoms with Gasteiger partial charge in [0.1, 0.15) is 23.5 Å². The zero-order valence-corrected chi connectivity index (χ0v) is 22.0. The highest BCUT2D eigenvalue weighted by Gasteiger charge is 2.52. The highest BCUT2D eigenvalue weighted by atomic mass is 19.1. The molecular weight excluding hydrogens is 477 g/mol. The number of fused-ring (bicyclic) bond motifs is 2. The van der Waals surface area contributed by atoms with Crippen LogP contribution in [0.25, 0.3) is 0 Å². The molecule has 9 nitrogen and oxygen atoms in total. The Hall–Kier alpha value is -2.90. The molecule has 1 aromatic carbocycles. The first kappa shape index (κ1) is 27.1. The SMILES string of the molecule is CC(C)(C)OC(=O)N1C2CCC(C2)C1C(=O)NC(C#N)Cc1ccc(N2CCN(CCO)CC2)cc1F. The van der Waals surface area contributed by atoms with E-state index in [-0.39, 0.29) is 30.9 Å². The molecule has 3 fully saturated rings. The lowest BCUT2D eigenvalue weighted by atomic mass is 9.97. The van der Waals surface area contributed by atoms with Gasteiger partial charge in [0.25, 0.3) is 0 Å². The Morgan fingerprint density at radius 1 is 1.24 bits per heavy atom. The number of carbonyl (C=O) groups is 2. The van der Waals surface area contributed by atoms with Crippen LogP contribution in [0.2, 0.25) is 0 Å². The van der Waals surface area contributed by atoms with Gasteiger partial charge in [0.2, 0.25) is 5.91 Å². The maximum Gasteiger partial charge on any atom is 0.411 e.